The molecule has 0 amide bonds. The maximum Gasteiger partial charge on any atom is 0.213 e. The number of rotatable bonds is 5. The smallest absolute Gasteiger partial charge is 0.213 e. The van der Waals surface area contributed by atoms with Crippen LogP contribution >= 0.6 is 23.2 Å². The molecule has 5 heteroatoms. The van der Waals surface area contributed by atoms with Crippen LogP contribution in [0.15, 0.2) is 36.4 Å². The summed E-state index contributed by atoms with van der Waals surface area (Å²) in [6, 6.07) is 11.0. The van der Waals surface area contributed by atoms with E-state index in [1.54, 1.807) is 25.3 Å². The maximum atomic E-state index is 6.10. The summed E-state index contributed by atoms with van der Waals surface area (Å²) in [7, 11) is 1.58. The Morgan fingerprint density at radius 3 is 2.74 bits per heavy atom. The van der Waals surface area contributed by atoms with Gasteiger partial charge < -0.3 is 9.47 Å². The van der Waals surface area contributed by atoms with Crippen LogP contribution in [0, 0.1) is 0 Å². The van der Waals surface area contributed by atoms with Crippen molar-refractivity contribution in [2.45, 2.75) is 12.5 Å². The molecule has 0 saturated carbocycles. The summed E-state index contributed by atoms with van der Waals surface area (Å²) in [5.74, 6) is 1.60. The molecule has 0 N–H and O–H groups in total. The summed E-state index contributed by atoms with van der Waals surface area (Å²) >= 11 is 11.8. The molecule has 0 fully saturated rings. The number of aromatic nitrogens is 1. The van der Waals surface area contributed by atoms with E-state index in [0.717, 1.165) is 11.3 Å². The molecular weight excluding hydrogens is 285 g/mol. The first-order valence-electron chi connectivity index (χ1n) is 5.70. The lowest BCUT2D eigenvalue weighted by atomic mass is 10.2. The molecule has 1 heterocycles. The first-order valence-corrected chi connectivity index (χ1v) is 6.61. The molecule has 2 rings (SSSR count). The van der Waals surface area contributed by atoms with E-state index >= 15 is 0 Å². The van der Waals surface area contributed by atoms with Crippen molar-refractivity contribution in [3.05, 3.63) is 52.7 Å². The predicted octanol–water partition coefficient (Wildman–Crippen LogP) is 4.06. The Balaban J connectivity index is 2.05. The Labute approximate surface area is 122 Å². The second kappa shape index (κ2) is 6.64. The zero-order chi connectivity index (χ0) is 13.7. The van der Waals surface area contributed by atoms with Gasteiger partial charge >= 0.3 is 0 Å². The average molecular weight is 298 g/mol. The first-order chi connectivity index (χ1) is 9.22. The highest BCUT2D eigenvalue weighted by Gasteiger charge is 2.04. The zero-order valence-electron chi connectivity index (χ0n) is 10.4. The number of nitrogens with zero attached hydrogens (tertiary/aromatic N) is 1. The van der Waals surface area contributed by atoms with Gasteiger partial charge in [0.25, 0.3) is 0 Å². The van der Waals surface area contributed by atoms with Crippen LogP contribution in [-0.2, 0) is 12.5 Å². The summed E-state index contributed by atoms with van der Waals surface area (Å²) < 4.78 is 10.7. The van der Waals surface area contributed by atoms with Crippen LogP contribution in [0.4, 0.5) is 0 Å². The zero-order valence-corrected chi connectivity index (χ0v) is 11.9. The van der Waals surface area contributed by atoms with E-state index < -0.39 is 0 Å². The highest BCUT2D eigenvalue weighted by atomic mass is 35.5. The molecular formula is C14H13Cl2NO2. The fourth-order valence-corrected chi connectivity index (χ4v) is 1.97. The molecule has 0 aliphatic rings. The summed E-state index contributed by atoms with van der Waals surface area (Å²) in [5.41, 5.74) is 1.73. The van der Waals surface area contributed by atoms with Gasteiger partial charge in [0.05, 0.1) is 17.8 Å². The number of benzene rings is 1. The number of alkyl halides is 1. The first kappa shape index (κ1) is 14.0. The molecule has 19 heavy (non-hydrogen) atoms. The highest BCUT2D eigenvalue weighted by Crippen LogP contribution is 2.26. The molecule has 1 aromatic carbocycles. The van der Waals surface area contributed by atoms with Crippen molar-refractivity contribution in [3.63, 3.8) is 0 Å². The van der Waals surface area contributed by atoms with Crippen molar-refractivity contribution in [2.75, 3.05) is 7.11 Å². The third-order valence-electron chi connectivity index (χ3n) is 2.52. The maximum absolute atomic E-state index is 6.10. The Hall–Kier alpha value is -1.45. The van der Waals surface area contributed by atoms with Crippen LogP contribution in [0.25, 0.3) is 0 Å². The Kier molecular flexibility index (Phi) is 4.88. The SMILES string of the molecule is COc1cccc(COc2ccc(CCl)cc2Cl)n1. The van der Waals surface area contributed by atoms with Gasteiger partial charge in [0, 0.05) is 11.9 Å². The number of hydrogen-bond acceptors (Lipinski definition) is 3. The fourth-order valence-electron chi connectivity index (χ4n) is 1.55. The van der Waals surface area contributed by atoms with Crippen molar-refractivity contribution in [2.24, 2.45) is 0 Å². The van der Waals surface area contributed by atoms with Gasteiger partial charge in [0.2, 0.25) is 5.88 Å². The Morgan fingerprint density at radius 1 is 1.21 bits per heavy atom. The van der Waals surface area contributed by atoms with Gasteiger partial charge in [-0.15, -0.1) is 11.6 Å². The third-order valence-corrected chi connectivity index (χ3v) is 3.12. The van der Waals surface area contributed by atoms with E-state index in [4.69, 9.17) is 32.7 Å². The van der Waals surface area contributed by atoms with Crippen LogP contribution in [-0.4, -0.2) is 12.1 Å². The van der Waals surface area contributed by atoms with Crippen molar-refractivity contribution in [3.8, 4) is 11.6 Å². The van der Waals surface area contributed by atoms with Crippen molar-refractivity contribution in [1.82, 2.24) is 4.98 Å². The predicted molar refractivity (Wildman–Crippen MR) is 76.1 cm³/mol. The number of ether oxygens (including phenoxy) is 2. The largest absolute Gasteiger partial charge is 0.486 e. The quantitative estimate of drug-likeness (QED) is 0.780. The minimum Gasteiger partial charge on any atom is -0.486 e. The Bertz CT molecular complexity index is 561. The van der Waals surface area contributed by atoms with E-state index in [2.05, 4.69) is 4.98 Å². The molecule has 0 aliphatic carbocycles. The Morgan fingerprint density at radius 2 is 2.05 bits per heavy atom. The molecule has 0 bridgehead atoms. The molecule has 0 spiro atoms. The molecule has 0 unspecified atom stereocenters. The van der Waals surface area contributed by atoms with E-state index in [-0.39, 0.29) is 0 Å². The van der Waals surface area contributed by atoms with Gasteiger partial charge in [-0.1, -0.05) is 23.7 Å². The molecule has 2 aromatic rings. The molecule has 0 saturated heterocycles. The molecule has 3 nitrogen and oxygen atoms in total. The molecule has 1 aromatic heterocycles. The van der Waals surface area contributed by atoms with E-state index in [1.807, 2.05) is 18.2 Å². The summed E-state index contributed by atoms with van der Waals surface area (Å²) in [6.45, 7) is 0.330. The van der Waals surface area contributed by atoms with E-state index in [9.17, 15) is 0 Å². The van der Waals surface area contributed by atoms with Gasteiger partial charge in [0.15, 0.2) is 0 Å². The van der Waals surface area contributed by atoms with Crippen LogP contribution < -0.4 is 9.47 Å². The van der Waals surface area contributed by atoms with Crippen LogP contribution in [0.2, 0.25) is 5.02 Å². The lowest BCUT2D eigenvalue weighted by Gasteiger charge is -2.09. The average Bonchev–Trinajstić information content (AvgIpc) is 2.46. The topological polar surface area (TPSA) is 31.4 Å². The minimum absolute atomic E-state index is 0.330. The van der Waals surface area contributed by atoms with Gasteiger partial charge in [0.1, 0.15) is 12.4 Å². The number of pyridine rings is 1. The second-order valence-corrected chi connectivity index (χ2v) is 4.53. The van der Waals surface area contributed by atoms with E-state index in [0.29, 0.717) is 29.1 Å². The molecule has 100 valence electrons. The molecule has 0 atom stereocenters. The molecule has 0 aliphatic heterocycles. The number of methoxy groups -OCH3 is 1. The van der Waals surface area contributed by atoms with Crippen LogP contribution in [0.1, 0.15) is 11.3 Å². The molecule has 0 radical (unpaired) electrons. The fraction of sp³-hybridized carbons (Fsp3) is 0.214. The van der Waals surface area contributed by atoms with E-state index in [1.165, 1.54) is 0 Å². The van der Waals surface area contributed by atoms with Crippen LogP contribution in [0.5, 0.6) is 11.6 Å². The minimum atomic E-state index is 0.330. The third kappa shape index (κ3) is 3.75. The van der Waals surface area contributed by atoms with Crippen molar-refractivity contribution >= 4 is 23.2 Å². The highest BCUT2D eigenvalue weighted by molar-refractivity contribution is 6.32. The van der Waals surface area contributed by atoms with Crippen molar-refractivity contribution in [1.29, 1.82) is 0 Å². The number of hydrogen-bond donors (Lipinski definition) is 0. The van der Waals surface area contributed by atoms with Gasteiger partial charge in [-0.2, -0.15) is 0 Å². The summed E-state index contributed by atoms with van der Waals surface area (Å²) in [6.07, 6.45) is 0. The van der Waals surface area contributed by atoms with Crippen molar-refractivity contribution < 1.29 is 9.47 Å². The van der Waals surface area contributed by atoms with Gasteiger partial charge in [-0.25, -0.2) is 4.98 Å². The lowest BCUT2D eigenvalue weighted by Crippen LogP contribution is -2.00. The lowest BCUT2D eigenvalue weighted by molar-refractivity contribution is 0.298. The monoisotopic (exact) mass is 297 g/mol. The van der Waals surface area contributed by atoms with Gasteiger partial charge in [-0.3, -0.25) is 0 Å². The summed E-state index contributed by atoms with van der Waals surface area (Å²) in [4.78, 5) is 4.26. The summed E-state index contributed by atoms with van der Waals surface area (Å²) in [5, 5.41) is 0.543. The standard InChI is InChI=1S/C14H13Cl2NO2/c1-18-14-4-2-3-11(17-14)9-19-13-6-5-10(8-15)7-12(13)16/h2-7H,8-9H2,1H3. The number of halogens is 2. The second-order valence-electron chi connectivity index (χ2n) is 3.86. The normalized spacial score (nSPS) is 10.3. The van der Waals surface area contributed by atoms with Crippen LogP contribution in [0.3, 0.4) is 0 Å². The van der Waals surface area contributed by atoms with Gasteiger partial charge in [-0.05, 0) is 23.8 Å².